The number of guanidine groups is 1. The Morgan fingerprint density at radius 3 is 2.68 bits per heavy atom. The molecule has 0 spiro atoms. The number of benzene rings is 1. The molecular weight excluding hydrogens is 278 g/mol. The molecule has 0 amide bonds. The molecule has 124 valence electrons. The second-order valence-corrected chi connectivity index (χ2v) is 5.66. The fourth-order valence-electron chi connectivity index (χ4n) is 2.09. The highest BCUT2D eigenvalue weighted by Crippen LogP contribution is 2.24. The molecule has 1 aromatic carbocycles. The fourth-order valence-corrected chi connectivity index (χ4v) is 2.09. The molecule has 0 atom stereocenters. The first kappa shape index (κ1) is 18.1. The maximum absolute atomic E-state index is 5.84. The van der Waals surface area contributed by atoms with Crippen LogP contribution in [0.2, 0.25) is 0 Å². The first-order chi connectivity index (χ1) is 10.6. The number of hydrogen-bond acceptors (Lipinski definition) is 3. The van der Waals surface area contributed by atoms with Crippen molar-refractivity contribution in [2.45, 2.75) is 33.1 Å². The predicted octanol–water partition coefficient (Wildman–Crippen LogP) is 2.59. The van der Waals surface area contributed by atoms with Gasteiger partial charge in [0.2, 0.25) is 0 Å². The Hall–Kier alpha value is -1.91. The summed E-state index contributed by atoms with van der Waals surface area (Å²) in [6.07, 6.45) is 2.89. The van der Waals surface area contributed by atoms with Crippen LogP contribution in [0, 0.1) is 5.92 Å². The van der Waals surface area contributed by atoms with Gasteiger partial charge in [-0.15, -0.1) is 0 Å². The normalized spacial score (nSPS) is 11.6. The quantitative estimate of drug-likeness (QED) is 0.418. The third-order valence-electron chi connectivity index (χ3n) is 3.40. The van der Waals surface area contributed by atoms with E-state index in [0.717, 1.165) is 42.9 Å². The number of hydrogen-bond donors (Lipinski definition) is 2. The van der Waals surface area contributed by atoms with Crippen LogP contribution in [0.5, 0.6) is 11.5 Å². The highest BCUT2D eigenvalue weighted by molar-refractivity contribution is 5.77. The van der Waals surface area contributed by atoms with Crippen LogP contribution in [0.4, 0.5) is 0 Å². The molecule has 0 aliphatic heterocycles. The molecule has 1 aromatic rings. The molecule has 0 heterocycles. The van der Waals surface area contributed by atoms with Crippen molar-refractivity contribution in [2.75, 3.05) is 27.3 Å². The van der Waals surface area contributed by atoms with E-state index in [2.05, 4.69) is 24.2 Å². The molecule has 0 radical (unpaired) electrons. The standard InChI is InChI=1S/C17H29N3O2/c1-13(2)9-11-20-17(18)19-10-5-6-14-12-15(21-3)7-8-16(14)22-4/h7-8,12-13H,5-6,9-11H2,1-4H3,(H3,18,19,20). The summed E-state index contributed by atoms with van der Waals surface area (Å²) in [5.41, 5.74) is 6.96. The van der Waals surface area contributed by atoms with Gasteiger partial charge in [-0.05, 0) is 48.9 Å². The van der Waals surface area contributed by atoms with Crippen molar-refractivity contribution in [1.29, 1.82) is 0 Å². The van der Waals surface area contributed by atoms with E-state index < -0.39 is 0 Å². The third kappa shape index (κ3) is 6.70. The number of nitrogens with two attached hydrogens (primary N) is 1. The van der Waals surface area contributed by atoms with E-state index in [1.807, 2.05) is 18.2 Å². The average molecular weight is 307 g/mol. The lowest BCUT2D eigenvalue weighted by Gasteiger charge is -2.10. The molecule has 0 unspecified atom stereocenters. The second kappa shape index (κ2) is 9.92. The Balaban J connectivity index is 2.40. The van der Waals surface area contributed by atoms with E-state index in [1.165, 1.54) is 0 Å². The van der Waals surface area contributed by atoms with E-state index >= 15 is 0 Å². The largest absolute Gasteiger partial charge is 0.497 e. The van der Waals surface area contributed by atoms with Gasteiger partial charge in [0.05, 0.1) is 14.2 Å². The summed E-state index contributed by atoms with van der Waals surface area (Å²) in [6.45, 7) is 5.95. The van der Waals surface area contributed by atoms with Crippen LogP contribution in [-0.2, 0) is 6.42 Å². The Bertz CT molecular complexity index is 473. The Kier molecular flexibility index (Phi) is 8.18. The van der Waals surface area contributed by atoms with Crippen molar-refractivity contribution in [3.05, 3.63) is 23.8 Å². The van der Waals surface area contributed by atoms with Crippen molar-refractivity contribution >= 4 is 5.96 Å². The van der Waals surface area contributed by atoms with E-state index in [1.54, 1.807) is 14.2 Å². The van der Waals surface area contributed by atoms with Crippen LogP contribution in [0.3, 0.4) is 0 Å². The third-order valence-corrected chi connectivity index (χ3v) is 3.40. The second-order valence-electron chi connectivity index (χ2n) is 5.66. The lowest BCUT2D eigenvalue weighted by Crippen LogP contribution is -2.33. The number of nitrogens with zero attached hydrogens (tertiary/aromatic N) is 1. The molecule has 0 saturated heterocycles. The molecule has 0 aliphatic carbocycles. The van der Waals surface area contributed by atoms with Gasteiger partial charge in [0.15, 0.2) is 5.96 Å². The maximum atomic E-state index is 5.84. The lowest BCUT2D eigenvalue weighted by atomic mass is 10.1. The fraction of sp³-hybridized carbons (Fsp3) is 0.588. The molecule has 5 nitrogen and oxygen atoms in total. The zero-order valence-corrected chi connectivity index (χ0v) is 14.2. The van der Waals surface area contributed by atoms with Crippen molar-refractivity contribution in [3.63, 3.8) is 0 Å². The van der Waals surface area contributed by atoms with Crippen molar-refractivity contribution in [1.82, 2.24) is 5.32 Å². The summed E-state index contributed by atoms with van der Waals surface area (Å²) in [5.74, 6) is 2.92. The number of nitrogens with one attached hydrogen (secondary N) is 1. The Labute approximate surface area is 133 Å². The highest BCUT2D eigenvalue weighted by atomic mass is 16.5. The van der Waals surface area contributed by atoms with Crippen LogP contribution in [0.15, 0.2) is 23.2 Å². The SMILES string of the molecule is COc1ccc(OC)c(CCCN=C(N)NCCC(C)C)c1. The molecular formula is C17H29N3O2. The Morgan fingerprint density at radius 2 is 2.05 bits per heavy atom. The number of rotatable bonds is 9. The summed E-state index contributed by atoms with van der Waals surface area (Å²) in [4.78, 5) is 4.35. The molecule has 0 aromatic heterocycles. The molecule has 0 aliphatic rings. The number of methoxy groups -OCH3 is 2. The summed E-state index contributed by atoms with van der Waals surface area (Å²) < 4.78 is 10.6. The number of ether oxygens (including phenoxy) is 2. The molecule has 0 fully saturated rings. The van der Waals surface area contributed by atoms with Crippen LogP contribution >= 0.6 is 0 Å². The smallest absolute Gasteiger partial charge is 0.188 e. The van der Waals surface area contributed by atoms with Gasteiger partial charge in [0.1, 0.15) is 11.5 Å². The zero-order valence-electron chi connectivity index (χ0n) is 14.2. The van der Waals surface area contributed by atoms with Crippen molar-refractivity contribution in [2.24, 2.45) is 16.6 Å². The Morgan fingerprint density at radius 1 is 1.27 bits per heavy atom. The first-order valence-electron chi connectivity index (χ1n) is 7.81. The number of aliphatic imine (C=N–C) groups is 1. The van der Waals surface area contributed by atoms with Gasteiger partial charge in [-0.2, -0.15) is 0 Å². The minimum atomic E-state index is 0.526. The van der Waals surface area contributed by atoms with Gasteiger partial charge in [0, 0.05) is 13.1 Å². The van der Waals surface area contributed by atoms with Crippen LogP contribution in [0.1, 0.15) is 32.3 Å². The van der Waals surface area contributed by atoms with Crippen LogP contribution in [-0.4, -0.2) is 33.3 Å². The summed E-state index contributed by atoms with van der Waals surface area (Å²) in [5, 5.41) is 3.14. The van der Waals surface area contributed by atoms with E-state index in [9.17, 15) is 0 Å². The van der Waals surface area contributed by atoms with E-state index in [-0.39, 0.29) is 0 Å². The molecule has 0 saturated carbocycles. The van der Waals surface area contributed by atoms with Gasteiger partial charge in [0.25, 0.3) is 0 Å². The van der Waals surface area contributed by atoms with Crippen LogP contribution in [0.25, 0.3) is 0 Å². The van der Waals surface area contributed by atoms with Gasteiger partial charge >= 0.3 is 0 Å². The van der Waals surface area contributed by atoms with Gasteiger partial charge in [-0.25, -0.2) is 0 Å². The monoisotopic (exact) mass is 307 g/mol. The van der Waals surface area contributed by atoms with E-state index in [4.69, 9.17) is 15.2 Å². The summed E-state index contributed by atoms with van der Waals surface area (Å²) in [6, 6.07) is 5.84. The van der Waals surface area contributed by atoms with Crippen molar-refractivity contribution in [3.8, 4) is 11.5 Å². The molecule has 5 heteroatoms. The maximum Gasteiger partial charge on any atom is 0.188 e. The first-order valence-corrected chi connectivity index (χ1v) is 7.81. The topological polar surface area (TPSA) is 68.9 Å². The van der Waals surface area contributed by atoms with E-state index in [0.29, 0.717) is 18.4 Å². The van der Waals surface area contributed by atoms with Crippen molar-refractivity contribution < 1.29 is 9.47 Å². The van der Waals surface area contributed by atoms with Gasteiger partial charge in [-0.1, -0.05) is 13.8 Å². The molecule has 22 heavy (non-hydrogen) atoms. The van der Waals surface area contributed by atoms with Gasteiger partial charge < -0.3 is 20.5 Å². The zero-order chi connectivity index (χ0) is 16.4. The summed E-state index contributed by atoms with van der Waals surface area (Å²) >= 11 is 0. The highest BCUT2D eigenvalue weighted by Gasteiger charge is 2.04. The molecule has 3 N–H and O–H groups in total. The summed E-state index contributed by atoms with van der Waals surface area (Å²) in [7, 11) is 3.35. The van der Waals surface area contributed by atoms with Gasteiger partial charge in [-0.3, -0.25) is 4.99 Å². The average Bonchev–Trinajstić information content (AvgIpc) is 2.51. The minimum absolute atomic E-state index is 0.526. The molecule has 1 rings (SSSR count). The predicted molar refractivity (Wildman–Crippen MR) is 91.8 cm³/mol. The minimum Gasteiger partial charge on any atom is -0.497 e. The lowest BCUT2D eigenvalue weighted by molar-refractivity contribution is 0.398. The van der Waals surface area contributed by atoms with Crippen LogP contribution < -0.4 is 20.5 Å². The molecule has 0 bridgehead atoms. The number of aryl methyl sites for hydroxylation is 1.